The maximum absolute atomic E-state index is 7.15. The zero-order valence-corrected chi connectivity index (χ0v) is 82.0. The van der Waals surface area contributed by atoms with Crippen LogP contribution in [0.25, 0.3) is 233 Å². The van der Waals surface area contributed by atoms with Crippen molar-refractivity contribution in [3.63, 3.8) is 0 Å². The number of hydrogen-bond donors (Lipinski definition) is 0. The molecular weight excluding hydrogens is 1800 g/mol. The predicted molar refractivity (Wildman–Crippen MR) is 610 cm³/mol. The fraction of sp³-hybridized carbons (Fsp3) is 0.0496. The first-order valence-electron chi connectivity index (χ1n) is 50.8. The molecule has 0 saturated carbocycles. The second-order valence-corrected chi connectivity index (χ2v) is 40.0. The molecule has 0 N–H and O–H groups in total. The Morgan fingerprint density at radius 1 is 0.196 bits per heavy atom. The molecule has 0 bridgehead atoms. The van der Waals surface area contributed by atoms with Gasteiger partial charge in [-0.1, -0.05) is 440 Å². The maximum atomic E-state index is 7.15. The Labute approximate surface area is 858 Å². The van der Waals surface area contributed by atoms with Crippen LogP contribution >= 0.6 is 0 Å². The third kappa shape index (κ3) is 14.8. The number of benzene rings is 19. The number of para-hydroxylation sites is 4. The van der Waals surface area contributed by atoms with E-state index in [1.807, 2.05) is 49.1 Å². The Bertz CT molecular complexity index is 9660. The zero-order chi connectivity index (χ0) is 98.7. The quantitative estimate of drug-likeness (QED) is 0.127. The Morgan fingerprint density at radius 3 is 1.23 bits per heavy atom. The normalized spacial score (nSPS) is 13.0. The lowest BCUT2D eigenvalue weighted by molar-refractivity contribution is 0.622. The topological polar surface area (TPSA) is 91.0 Å². The second kappa shape index (κ2) is 35.9. The summed E-state index contributed by atoms with van der Waals surface area (Å²) in [6, 6.07) is 174. The largest absolute Gasteiger partial charge is 0.455 e. The molecule has 0 radical (unpaired) electrons. The van der Waals surface area contributed by atoms with Crippen molar-refractivity contribution in [3.05, 3.63) is 555 Å². The van der Waals surface area contributed by atoms with E-state index in [0.29, 0.717) is 0 Å². The highest BCUT2D eigenvalue weighted by atomic mass is 16.3. The molecule has 0 atom stereocenters. The summed E-state index contributed by atoms with van der Waals surface area (Å²) < 4.78 is 21.0. The molecule has 0 amide bonds. The molecule has 7 heterocycles. The molecule has 7 aromatic heterocycles. The van der Waals surface area contributed by atoms with Crippen LogP contribution in [0.1, 0.15) is 72.2 Å². The van der Waals surface area contributed by atoms with Crippen LogP contribution in [0.5, 0.6) is 0 Å². The van der Waals surface area contributed by atoms with Gasteiger partial charge in [0.1, 0.15) is 34.0 Å². The molecule has 0 spiro atoms. The first-order chi connectivity index (χ1) is 72.9. The minimum Gasteiger partial charge on any atom is -0.455 e. The number of pyridine rings is 4. The summed E-state index contributed by atoms with van der Waals surface area (Å²) in [7, 11) is 0. The molecule has 3 aliphatic rings. The standard InChI is InChI=1S/C50H35NO.C48H33NO.C43H28N2O/c1-50(2)43-24-10-8-20-40(43)47-42-23-13-22-39(48(42)52-49(47)41-21-9-11-25-44(41)50)35-18-12-19-36(29-35)45-30-38(32-14-4-3-5-15-32)31-46(51-45)37-27-26-33-16-6-7-17-34(33)28-37;1-48(2)41-21-10-9-18-39(41)47-45(38-25-23-32(29-42(38)48)30-13-4-3-5-14-30)40-20-12-19-37(46(40)50-47)35-26-27-36(34-17-8-7-16-33(34)35)44-28-24-31-15-6-11-22-43(31)49-44;1-4-20-38-35(17-1)41-37-19-3-6-22-40(37)46-42(41)36-18-2-5-21-39(36)43(38,33-15-7-11-29(25-33)31-13-9-23-44-27-31)34-16-8-12-30(26-34)32-14-10-24-45-28-32/h3-31H,1-2H3;3-29H,1-2H3;1-28H. The van der Waals surface area contributed by atoms with Gasteiger partial charge in [0, 0.05) is 118 Å². The molecule has 7 nitrogen and oxygen atoms in total. The fourth-order valence-electron chi connectivity index (χ4n) is 23.9. The van der Waals surface area contributed by atoms with E-state index in [4.69, 9.17) is 23.2 Å². The molecule has 0 fully saturated rings. The molecule has 698 valence electrons. The van der Waals surface area contributed by atoms with E-state index in [0.717, 1.165) is 184 Å². The van der Waals surface area contributed by atoms with E-state index in [9.17, 15) is 0 Å². The van der Waals surface area contributed by atoms with Crippen molar-refractivity contribution in [2.45, 2.75) is 43.9 Å². The highest BCUT2D eigenvalue weighted by molar-refractivity contribution is 6.15. The van der Waals surface area contributed by atoms with Crippen molar-refractivity contribution in [1.29, 1.82) is 0 Å². The fourth-order valence-corrected chi connectivity index (χ4v) is 23.9. The van der Waals surface area contributed by atoms with Gasteiger partial charge in [0.2, 0.25) is 0 Å². The van der Waals surface area contributed by atoms with Gasteiger partial charge in [-0.05, 0) is 211 Å². The minimum atomic E-state index is -0.688. The van der Waals surface area contributed by atoms with Gasteiger partial charge in [0.15, 0.2) is 0 Å². The molecule has 0 saturated heterocycles. The van der Waals surface area contributed by atoms with Gasteiger partial charge >= 0.3 is 0 Å². The number of hydrogen-bond acceptors (Lipinski definition) is 7. The van der Waals surface area contributed by atoms with Crippen LogP contribution in [0.2, 0.25) is 0 Å². The summed E-state index contributed by atoms with van der Waals surface area (Å²) in [5.41, 5.74) is 42.6. The molecule has 148 heavy (non-hydrogen) atoms. The number of fused-ring (bicyclic) bond motifs is 24. The Morgan fingerprint density at radius 2 is 0.595 bits per heavy atom. The Hall–Kier alpha value is -18.8. The average molecular weight is 1890 g/mol. The molecular formula is C141H96N4O3. The number of aromatic nitrogens is 4. The number of rotatable bonds is 11. The van der Waals surface area contributed by atoms with Crippen molar-refractivity contribution in [2.75, 3.05) is 0 Å². The van der Waals surface area contributed by atoms with Gasteiger partial charge < -0.3 is 13.3 Å². The third-order valence-electron chi connectivity index (χ3n) is 30.9. The van der Waals surface area contributed by atoms with E-state index in [-0.39, 0.29) is 10.8 Å². The summed E-state index contributed by atoms with van der Waals surface area (Å²) in [4.78, 5) is 19.3. The minimum absolute atomic E-state index is 0.181. The molecule has 0 unspecified atom stereocenters. The summed E-state index contributed by atoms with van der Waals surface area (Å²) in [6.07, 6.45) is 7.51. The van der Waals surface area contributed by atoms with Gasteiger partial charge in [-0.3, -0.25) is 9.97 Å². The molecule has 26 aromatic rings. The summed E-state index contributed by atoms with van der Waals surface area (Å²) in [5, 5.41) is 9.28. The molecule has 0 aliphatic heterocycles. The van der Waals surface area contributed by atoms with Crippen LogP contribution in [0.15, 0.2) is 523 Å². The highest BCUT2D eigenvalue weighted by Gasteiger charge is 2.47. The van der Waals surface area contributed by atoms with Crippen molar-refractivity contribution in [1.82, 2.24) is 19.9 Å². The summed E-state index contributed by atoms with van der Waals surface area (Å²) in [5.74, 6) is 2.77. The van der Waals surface area contributed by atoms with E-state index in [1.54, 1.807) is 0 Å². The average Bonchev–Trinajstić information content (AvgIpc) is 2.02. The number of nitrogens with zero attached hydrogens (tertiary/aromatic N) is 4. The molecule has 7 heteroatoms. The summed E-state index contributed by atoms with van der Waals surface area (Å²) in [6.45, 7) is 9.33. The Kier molecular flexibility index (Phi) is 21.4. The van der Waals surface area contributed by atoms with Crippen LogP contribution < -0.4 is 0 Å². The summed E-state index contributed by atoms with van der Waals surface area (Å²) >= 11 is 0. The van der Waals surface area contributed by atoms with Gasteiger partial charge in [0.05, 0.1) is 28.0 Å². The van der Waals surface area contributed by atoms with E-state index in [2.05, 4.69) is 499 Å². The van der Waals surface area contributed by atoms with Crippen LogP contribution in [0.4, 0.5) is 0 Å². The smallest absolute Gasteiger partial charge is 0.143 e. The molecule has 29 rings (SSSR count). The number of furan rings is 3. The maximum Gasteiger partial charge on any atom is 0.143 e. The van der Waals surface area contributed by atoms with Crippen molar-refractivity contribution < 1.29 is 13.3 Å². The first kappa shape index (κ1) is 88.1. The van der Waals surface area contributed by atoms with Crippen molar-refractivity contribution in [3.8, 4) is 168 Å². The lowest BCUT2D eigenvalue weighted by Crippen LogP contribution is -2.31. The monoisotopic (exact) mass is 1890 g/mol. The van der Waals surface area contributed by atoms with Crippen LogP contribution in [-0.4, -0.2) is 19.9 Å². The van der Waals surface area contributed by atoms with Crippen molar-refractivity contribution in [2.24, 2.45) is 0 Å². The molecule has 19 aromatic carbocycles. The SMILES string of the molecule is CC1(C)c2ccccc2-c2oc3c(-c4ccc(-c5ccc6ccccc6n5)c5ccccc45)cccc3c2-c2ccc(-c3ccccc3)cc21.CC1(C)c2ccccc2-c2oc3c(-c4cccc(-c5cc(-c6ccccc6)cc(-c6ccc7ccccc7c6)n5)c4)cccc3c2-c2ccccc21.c1cncc(-c2cccc(C3(c4cccc(-c5cccnc5)c4)c4ccccc4-c4oc5ccccc5c4-c4ccccc43)c2)c1. The predicted octanol–water partition coefficient (Wildman–Crippen LogP) is 37.3. The third-order valence-corrected chi connectivity index (χ3v) is 30.9. The van der Waals surface area contributed by atoms with Gasteiger partial charge in [0.25, 0.3) is 0 Å². The van der Waals surface area contributed by atoms with Crippen molar-refractivity contribution >= 4 is 65.4 Å². The lowest BCUT2D eigenvalue weighted by atomic mass is 9.63. The van der Waals surface area contributed by atoms with E-state index >= 15 is 0 Å². The van der Waals surface area contributed by atoms with E-state index < -0.39 is 5.41 Å². The van der Waals surface area contributed by atoms with Crippen LogP contribution in [0, 0.1) is 0 Å². The van der Waals surface area contributed by atoms with Crippen LogP contribution in [-0.2, 0) is 16.2 Å². The first-order valence-corrected chi connectivity index (χ1v) is 50.8. The van der Waals surface area contributed by atoms with Gasteiger partial charge in [-0.15, -0.1) is 0 Å². The second-order valence-electron chi connectivity index (χ2n) is 40.0. The highest BCUT2D eigenvalue weighted by Crippen LogP contribution is 2.61. The zero-order valence-electron chi connectivity index (χ0n) is 82.0. The Balaban J connectivity index is 0.000000110. The van der Waals surface area contributed by atoms with E-state index in [1.165, 1.54) is 93.9 Å². The van der Waals surface area contributed by atoms with Crippen LogP contribution in [0.3, 0.4) is 0 Å². The van der Waals surface area contributed by atoms with Gasteiger partial charge in [-0.25, -0.2) is 9.97 Å². The molecule has 3 aliphatic carbocycles. The lowest BCUT2D eigenvalue weighted by Gasteiger charge is -2.38. The van der Waals surface area contributed by atoms with Gasteiger partial charge in [-0.2, -0.15) is 0 Å².